The number of halogens is 1. The molecule has 0 fully saturated rings. The molecule has 0 aliphatic heterocycles. The highest BCUT2D eigenvalue weighted by Crippen LogP contribution is 2.36. The average molecular weight is 429 g/mol. The van der Waals surface area contributed by atoms with Crippen LogP contribution >= 0.6 is 0 Å². The number of hydrogen-bond acceptors (Lipinski definition) is 5. The molecule has 2 aromatic rings. The summed E-state index contributed by atoms with van der Waals surface area (Å²) in [6.45, 7) is 8.02. The monoisotopic (exact) mass is 429 g/mol. The third-order valence-corrected chi connectivity index (χ3v) is 4.50. The predicted octanol–water partition coefficient (Wildman–Crippen LogP) is 4.72. The van der Waals surface area contributed by atoms with Gasteiger partial charge in [-0.15, -0.1) is 0 Å². The van der Waals surface area contributed by atoms with E-state index >= 15 is 4.39 Å². The fraction of sp³-hybridized carbons (Fsp3) is 0.375. The lowest BCUT2D eigenvalue weighted by atomic mass is 9.82. The summed E-state index contributed by atoms with van der Waals surface area (Å²) in [5.41, 5.74) is -3.28. The summed E-state index contributed by atoms with van der Waals surface area (Å²) in [4.78, 5) is 38.7. The van der Waals surface area contributed by atoms with Crippen LogP contribution in [0.15, 0.2) is 54.6 Å². The number of hydrogen-bond donors (Lipinski definition) is 1. The van der Waals surface area contributed by atoms with Gasteiger partial charge in [0.15, 0.2) is 0 Å². The first kappa shape index (κ1) is 24.1. The zero-order chi connectivity index (χ0) is 23.2. The Balaban J connectivity index is 2.65. The van der Waals surface area contributed by atoms with Gasteiger partial charge >= 0.3 is 12.1 Å². The van der Waals surface area contributed by atoms with Crippen LogP contribution in [0.3, 0.4) is 0 Å². The van der Waals surface area contributed by atoms with Gasteiger partial charge in [0, 0.05) is 5.56 Å². The minimum absolute atomic E-state index is 0.0253. The molecular formula is C24H28FNO5. The molecule has 31 heavy (non-hydrogen) atoms. The Labute approximate surface area is 181 Å². The van der Waals surface area contributed by atoms with Crippen molar-refractivity contribution in [3.63, 3.8) is 0 Å². The minimum atomic E-state index is -3.22. The van der Waals surface area contributed by atoms with Gasteiger partial charge in [0.2, 0.25) is 5.78 Å². The molecule has 0 radical (unpaired) electrons. The van der Waals surface area contributed by atoms with Crippen molar-refractivity contribution >= 4 is 17.8 Å². The standard InChI is InChI=1S/C24H28FNO5/c1-6-30-21(28)24(25,20(27)17-13-8-7-9-14-17)19(18-15-11-10-12-16(18)2)26-22(29)31-23(3,4)5/h7-15,19H,6H2,1-5H3,(H,26,29)/t19-,24-/m0/s1. The van der Waals surface area contributed by atoms with E-state index in [0.29, 0.717) is 5.56 Å². The topological polar surface area (TPSA) is 81.7 Å². The van der Waals surface area contributed by atoms with Crippen LogP contribution in [0.25, 0.3) is 0 Å². The van der Waals surface area contributed by atoms with Crippen LogP contribution in [0.2, 0.25) is 0 Å². The van der Waals surface area contributed by atoms with Crippen molar-refractivity contribution in [3.8, 4) is 0 Å². The number of ketones is 1. The van der Waals surface area contributed by atoms with Crippen molar-refractivity contribution in [3.05, 3.63) is 71.3 Å². The number of rotatable bonds is 7. The molecule has 6 nitrogen and oxygen atoms in total. The molecule has 2 rings (SSSR count). The van der Waals surface area contributed by atoms with Crippen molar-refractivity contribution in [2.45, 2.75) is 51.9 Å². The summed E-state index contributed by atoms with van der Waals surface area (Å²) >= 11 is 0. The van der Waals surface area contributed by atoms with Crippen LogP contribution in [0.1, 0.15) is 55.2 Å². The molecule has 166 valence electrons. The lowest BCUT2D eigenvalue weighted by Crippen LogP contribution is -2.55. The van der Waals surface area contributed by atoms with Gasteiger partial charge in [-0.05, 0) is 45.7 Å². The Hall–Kier alpha value is -3.22. The number of Topliss-reactive ketones (excluding diaryl/α,β-unsaturated/α-hetero) is 1. The molecule has 1 amide bonds. The third-order valence-electron chi connectivity index (χ3n) is 4.50. The van der Waals surface area contributed by atoms with E-state index in [1.165, 1.54) is 19.1 Å². The van der Waals surface area contributed by atoms with Gasteiger partial charge in [0.05, 0.1) is 6.61 Å². The second kappa shape index (κ2) is 9.73. The Morgan fingerprint density at radius 2 is 1.58 bits per heavy atom. The summed E-state index contributed by atoms with van der Waals surface area (Å²) in [7, 11) is 0. The van der Waals surface area contributed by atoms with E-state index in [0.717, 1.165) is 0 Å². The van der Waals surface area contributed by atoms with E-state index in [2.05, 4.69) is 5.32 Å². The quantitative estimate of drug-likeness (QED) is 0.391. The Bertz CT molecular complexity index is 938. The van der Waals surface area contributed by atoms with Crippen molar-refractivity contribution in [2.75, 3.05) is 6.61 Å². The van der Waals surface area contributed by atoms with E-state index in [4.69, 9.17) is 9.47 Å². The van der Waals surface area contributed by atoms with Gasteiger partial charge in [-0.25, -0.2) is 14.0 Å². The third kappa shape index (κ3) is 5.69. The fourth-order valence-electron chi connectivity index (χ4n) is 3.10. The van der Waals surface area contributed by atoms with Crippen molar-refractivity contribution in [1.29, 1.82) is 0 Å². The van der Waals surface area contributed by atoms with Crippen molar-refractivity contribution < 1.29 is 28.2 Å². The van der Waals surface area contributed by atoms with Gasteiger partial charge in [-0.1, -0.05) is 54.6 Å². The highest BCUT2D eigenvalue weighted by atomic mass is 19.1. The molecule has 0 saturated carbocycles. The summed E-state index contributed by atoms with van der Waals surface area (Å²) < 4.78 is 26.9. The molecule has 2 atom stereocenters. The number of ether oxygens (including phenoxy) is 2. The van der Waals surface area contributed by atoms with Gasteiger partial charge in [-0.3, -0.25) is 4.79 Å². The molecule has 2 aromatic carbocycles. The van der Waals surface area contributed by atoms with Crippen LogP contribution in [0, 0.1) is 6.92 Å². The van der Waals surface area contributed by atoms with Crippen LogP contribution in [-0.4, -0.2) is 35.7 Å². The summed E-state index contributed by atoms with van der Waals surface area (Å²) in [6.07, 6.45) is -0.965. The number of carbonyl (C=O) groups excluding carboxylic acids is 3. The second-order valence-corrected chi connectivity index (χ2v) is 8.06. The summed E-state index contributed by atoms with van der Waals surface area (Å²) in [5.74, 6) is -2.50. The van der Waals surface area contributed by atoms with E-state index in [1.54, 1.807) is 70.2 Å². The fourth-order valence-corrected chi connectivity index (χ4v) is 3.10. The number of amides is 1. The molecule has 0 aliphatic carbocycles. The van der Waals surface area contributed by atoms with Crippen LogP contribution in [-0.2, 0) is 14.3 Å². The maximum atomic E-state index is 16.7. The molecule has 7 heteroatoms. The van der Waals surface area contributed by atoms with Gasteiger partial charge in [-0.2, -0.15) is 0 Å². The largest absolute Gasteiger partial charge is 0.463 e. The lowest BCUT2D eigenvalue weighted by molar-refractivity contribution is -0.155. The first-order valence-corrected chi connectivity index (χ1v) is 10.0. The van der Waals surface area contributed by atoms with Crippen molar-refractivity contribution in [1.82, 2.24) is 5.32 Å². The molecule has 0 aliphatic rings. The average Bonchev–Trinajstić information content (AvgIpc) is 2.71. The number of alkyl carbamates (subject to hydrolysis) is 1. The highest BCUT2D eigenvalue weighted by Gasteiger charge is 2.56. The minimum Gasteiger partial charge on any atom is -0.463 e. The smallest absolute Gasteiger partial charge is 0.408 e. The molecule has 0 aromatic heterocycles. The number of esters is 1. The predicted molar refractivity (Wildman–Crippen MR) is 115 cm³/mol. The zero-order valence-electron chi connectivity index (χ0n) is 18.4. The molecule has 0 spiro atoms. The Morgan fingerprint density at radius 1 is 1.00 bits per heavy atom. The molecule has 0 saturated heterocycles. The Kier molecular flexibility index (Phi) is 7.55. The van der Waals surface area contributed by atoms with E-state index in [-0.39, 0.29) is 17.7 Å². The van der Waals surface area contributed by atoms with Gasteiger partial charge in [0.1, 0.15) is 11.6 Å². The molecular weight excluding hydrogens is 401 g/mol. The summed E-state index contributed by atoms with van der Waals surface area (Å²) in [5, 5.41) is 2.40. The number of carbonyl (C=O) groups is 3. The molecule has 0 heterocycles. The number of benzene rings is 2. The highest BCUT2D eigenvalue weighted by molar-refractivity contribution is 6.16. The van der Waals surface area contributed by atoms with Crippen LogP contribution in [0.4, 0.5) is 9.18 Å². The SMILES string of the molecule is CCOC(=O)[C@@](F)(C(=O)c1ccccc1)[C@@H](NC(=O)OC(C)(C)C)c1ccccc1C. The summed E-state index contributed by atoms with van der Waals surface area (Å²) in [6, 6.07) is 12.5. The van der Waals surface area contributed by atoms with E-state index in [9.17, 15) is 14.4 Å². The zero-order valence-corrected chi connectivity index (χ0v) is 18.4. The molecule has 0 bridgehead atoms. The molecule has 0 unspecified atom stereocenters. The maximum Gasteiger partial charge on any atom is 0.408 e. The second-order valence-electron chi connectivity index (χ2n) is 8.06. The van der Waals surface area contributed by atoms with Gasteiger partial charge < -0.3 is 14.8 Å². The maximum absolute atomic E-state index is 16.7. The van der Waals surface area contributed by atoms with Gasteiger partial charge in [0.25, 0.3) is 5.67 Å². The normalized spacial score (nSPS) is 14.1. The lowest BCUT2D eigenvalue weighted by Gasteiger charge is -2.33. The van der Waals surface area contributed by atoms with Crippen molar-refractivity contribution in [2.24, 2.45) is 0 Å². The first-order chi connectivity index (χ1) is 14.5. The number of nitrogens with one attached hydrogen (secondary N) is 1. The van der Waals surface area contributed by atoms with E-state index in [1.807, 2.05) is 0 Å². The first-order valence-electron chi connectivity index (χ1n) is 10.0. The molecule has 1 N–H and O–H groups in total. The number of aryl methyl sites for hydroxylation is 1. The Morgan fingerprint density at radius 3 is 2.13 bits per heavy atom. The van der Waals surface area contributed by atoms with Crippen LogP contribution in [0.5, 0.6) is 0 Å². The van der Waals surface area contributed by atoms with E-state index < -0.39 is 35.2 Å². The van der Waals surface area contributed by atoms with Crippen LogP contribution < -0.4 is 5.32 Å². The number of alkyl halides is 1.